The smallest absolute Gasteiger partial charge is 0.222 e. The Morgan fingerprint density at radius 2 is 1.69 bits per heavy atom. The maximum atomic E-state index is 12.4. The number of hydrogen-bond donors (Lipinski definition) is 0. The molecule has 29 heavy (non-hydrogen) atoms. The van der Waals surface area contributed by atoms with Gasteiger partial charge < -0.3 is 9.80 Å². The van der Waals surface area contributed by atoms with Crippen LogP contribution in [0.1, 0.15) is 55.4 Å². The van der Waals surface area contributed by atoms with Gasteiger partial charge in [-0.05, 0) is 31.7 Å². The van der Waals surface area contributed by atoms with Crippen molar-refractivity contribution in [3.8, 4) is 0 Å². The van der Waals surface area contributed by atoms with Crippen molar-refractivity contribution < 1.29 is 4.79 Å². The molecule has 1 aromatic heterocycles. The molecule has 5 heteroatoms. The Morgan fingerprint density at radius 3 is 2.28 bits per heavy atom. The van der Waals surface area contributed by atoms with Gasteiger partial charge in [-0.1, -0.05) is 50.6 Å². The van der Waals surface area contributed by atoms with Gasteiger partial charge in [0.25, 0.3) is 0 Å². The zero-order chi connectivity index (χ0) is 21.0. The maximum Gasteiger partial charge on any atom is 0.222 e. The number of rotatable bonds is 6. The fraction of sp³-hybridized carbons (Fsp3) is 0.542. The summed E-state index contributed by atoms with van der Waals surface area (Å²) in [4.78, 5) is 26.4. The highest BCUT2D eigenvalue weighted by Crippen LogP contribution is 2.26. The molecular weight excluding hydrogens is 360 g/mol. The van der Waals surface area contributed by atoms with Crippen LogP contribution in [0.5, 0.6) is 0 Å². The summed E-state index contributed by atoms with van der Waals surface area (Å²) < 4.78 is 0. The number of nitrogens with zero attached hydrogens (tertiary/aromatic N) is 4. The molecule has 0 saturated carbocycles. The first-order valence-corrected chi connectivity index (χ1v) is 10.8. The van der Waals surface area contributed by atoms with Gasteiger partial charge in [-0.2, -0.15) is 0 Å². The van der Waals surface area contributed by atoms with Crippen LogP contribution >= 0.6 is 0 Å². The highest BCUT2D eigenvalue weighted by atomic mass is 16.2. The second-order valence-electron chi connectivity index (χ2n) is 8.50. The molecule has 5 nitrogen and oxygen atoms in total. The predicted octanol–water partition coefficient (Wildman–Crippen LogP) is 3.94. The molecule has 1 aliphatic heterocycles. The summed E-state index contributed by atoms with van der Waals surface area (Å²) in [5, 5.41) is 0. The van der Waals surface area contributed by atoms with E-state index in [1.165, 1.54) is 16.7 Å². The molecule has 156 valence electrons. The van der Waals surface area contributed by atoms with Gasteiger partial charge in [0.05, 0.1) is 0 Å². The summed E-state index contributed by atoms with van der Waals surface area (Å²) in [5.41, 5.74) is 4.91. The average molecular weight is 395 g/mol. The Kier molecular flexibility index (Phi) is 6.88. The summed E-state index contributed by atoms with van der Waals surface area (Å²) in [7, 11) is 0. The van der Waals surface area contributed by atoms with Crippen LogP contribution in [0, 0.1) is 19.8 Å². The lowest BCUT2D eigenvalue weighted by Crippen LogP contribution is -2.49. The summed E-state index contributed by atoms with van der Waals surface area (Å²) in [6, 6.07) is 8.71. The number of carbonyl (C=O) groups excluding carboxylic acids is 1. The molecule has 1 aromatic carbocycles. The Bertz CT molecular complexity index is 837. The van der Waals surface area contributed by atoms with Crippen LogP contribution in [0.2, 0.25) is 0 Å². The molecule has 3 rings (SSSR count). The monoisotopic (exact) mass is 394 g/mol. The van der Waals surface area contributed by atoms with Gasteiger partial charge >= 0.3 is 0 Å². The molecule has 0 unspecified atom stereocenters. The van der Waals surface area contributed by atoms with E-state index in [2.05, 4.69) is 56.9 Å². The zero-order valence-corrected chi connectivity index (χ0v) is 18.5. The van der Waals surface area contributed by atoms with Crippen LogP contribution in [-0.4, -0.2) is 47.0 Å². The molecule has 1 fully saturated rings. The van der Waals surface area contributed by atoms with Crippen molar-refractivity contribution in [2.45, 2.75) is 53.9 Å². The normalized spacial score (nSPS) is 14.6. The van der Waals surface area contributed by atoms with Gasteiger partial charge in [0, 0.05) is 50.3 Å². The van der Waals surface area contributed by atoms with E-state index >= 15 is 0 Å². The lowest BCUT2D eigenvalue weighted by molar-refractivity contribution is -0.132. The number of aromatic nitrogens is 2. The minimum Gasteiger partial charge on any atom is -0.353 e. The van der Waals surface area contributed by atoms with Crippen LogP contribution in [0.25, 0.3) is 0 Å². The third-order valence-corrected chi connectivity index (χ3v) is 5.53. The number of piperazine rings is 1. The van der Waals surface area contributed by atoms with Crippen molar-refractivity contribution in [2.24, 2.45) is 5.92 Å². The van der Waals surface area contributed by atoms with E-state index in [1.54, 1.807) is 0 Å². The van der Waals surface area contributed by atoms with Crippen molar-refractivity contribution in [3.05, 3.63) is 52.5 Å². The van der Waals surface area contributed by atoms with Gasteiger partial charge in [0.1, 0.15) is 11.6 Å². The third kappa shape index (κ3) is 5.34. The van der Waals surface area contributed by atoms with Crippen LogP contribution < -0.4 is 4.90 Å². The van der Waals surface area contributed by atoms with E-state index in [4.69, 9.17) is 9.97 Å². The minimum atomic E-state index is 0.271. The second-order valence-corrected chi connectivity index (χ2v) is 8.50. The topological polar surface area (TPSA) is 49.3 Å². The largest absolute Gasteiger partial charge is 0.353 e. The first-order chi connectivity index (χ1) is 13.9. The Hall–Kier alpha value is -2.43. The van der Waals surface area contributed by atoms with Crippen molar-refractivity contribution in [1.82, 2.24) is 14.9 Å². The fourth-order valence-corrected chi connectivity index (χ4v) is 3.93. The molecule has 0 radical (unpaired) electrons. The van der Waals surface area contributed by atoms with Crippen LogP contribution in [-0.2, 0) is 17.6 Å². The molecule has 1 saturated heterocycles. The van der Waals surface area contributed by atoms with Crippen molar-refractivity contribution in [2.75, 3.05) is 31.1 Å². The molecule has 0 bridgehead atoms. The van der Waals surface area contributed by atoms with Crippen LogP contribution in [0.15, 0.2) is 24.3 Å². The third-order valence-electron chi connectivity index (χ3n) is 5.53. The standard InChI is InChI=1S/C24H34N4O/c1-6-22-21(16-20-9-7-18(4)8-10-20)24(26-19(5)25-22)28-13-11-27(12-14-28)23(29)15-17(2)3/h7-10,17H,6,11-16H2,1-5H3. The van der Waals surface area contributed by atoms with E-state index < -0.39 is 0 Å². The number of anilines is 1. The predicted molar refractivity (Wildman–Crippen MR) is 118 cm³/mol. The van der Waals surface area contributed by atoms with Crippen molar-refractivity contribution in [3.63, 3.8) is 0 Å². The van der Waals surface area contributed by atoms with Crippen LogP contribution in [0.3, 0.4) is 0 Å². The summed E-state index contributed by atoms with van der Waals surface area (Å²) >= 11 is 0. The van der Waals surface area contributed by atoms with Gasteiger partial charge in [-0.15, -0.1) is 0 Å². The fourth-order valence-electron chi connectivity index (χ4n) is 3.93. The zero-order valence-electron chi connectivity index (χ0n) is 18.5. The van der Waals surface area contributed by atoms with E-state index in [0.29, 0.717) is 12.3 Å². The number of hydrogen-bond acceptors (Lipinski definition) is 4. The van der Waals surface area contributed by atoms with E-state index in [-0.39, 0.29) is 5.91 Å². The summed E-state index contributed by atoms with van der Waals surface area (Å²) in [6.07, 6.45) is 2.36. The second kappa shape index (κ2) is 9.38. The van der Waals surface area contributed by atoms with Gasteiger partial charge in [-0.3, -0.25) is 4.79 Å². The molecule has 2 heterocycles. The summed E-state index contributed by atoms with van der Waals surface area (Å²) in [5.74, 6) is 2.54. The molecule has 2 aromatic rings. The molecule has 0 aliphatic carbocycles. The average Bonchev–Trinajstić information content (AvgIpc) is 2.70. The molecular formula is C24H34N4O. The first-order valence-electron chi connectivity index (χ1n) is 10.8. The first kappa shape index (κ1) is 21.3. The number of carbonyl (C=O) groups is 1. The number of aryl methyl sites for hydroxylation is 3. The van der Waals surface area contributed by atoms with Crippen molar-refractivity contribution >= 4 is 11.7 Å². The molecule has 1 amide bonds. The number of amides is 1. The van der Waals surface area contributed by atoms with Gasteiger partial charge in [0.2, 0.25) is 5.91 Å². The lowest BCUT2D eigenvalue weighted by atomic mass is 10.0. The Balaban J connectivity index is 1.82. The Morgan fingerprint density at radius 1 is 1.03 bits per heavy atom. The van der Waals surface area contributed by atoms with E-state index in [0.717, 1.165) is 56.4 Å². The lowest BCUT2D eigenvalue weighted by Gasteiger charge is -2.37. The van der Waals surface area contributed by atoms with E-state index in [1.807, 2.05) is 11.8 Å². The Labute approximate surface area is 175 Å². The minimum absolute atomic E-state index is 0.271. The quantitative estimate of drug-likeness (QED) is 0.745. The SMILES string of the molecule is CCc1nc(C)nc(N2CCN(C(=O)CC(C)C)CC2)c1Cc1ccc(C)cc1. The maximum absolute atomic E-state index is 12.4. The molecule has 1 aliphatic rings. The van der Waals surface area contributed by atoms with Gasteiger partial charge in [0.15, 0.2) is 0 Å². The molecule has 0 atom stereocenters. The van der Waals surface area contributed by atoms with Crippen LogP contribution in [0.4, 0.5) is 5.82 Å². The summed E-state index contributed by atoms with van der Waals surface area (Å²) in [6.45, 7) is 13.6. The molecule has 0 N–H and O–H groups in total. The molecule has 0 spiro atoms. The van der Waals surface area contributed by atoms with E-state index in [9.17, 15) is 4.79 Å². The highest BCUT2D eigenvalue weighted by molar-refractivity contribution is 5.76. The highest BCUT2D eigenvalue weighted by Gasteiger charge is 2.25. The van der Waals surface area contributed by atoms with Crippen molar-refractivity contribution in [1.29, 1.82) is 0 Å². The number of benzene rings is 1. The van der Waals surface area contributed by atoms with Gasteiger partial charge in [-0.25, -0.2) is 9.97 Å².